The fourth-order valence-corrected chi connectivity index (χ4v) is 0.544. The van der Waals surface area contributed by atoms with E-state index in [4.69, 9.17) is 5.73 Å². The maximum absolute atomic E-state index is 10.6. The van der Waals surface area contributed by atoms with E-state index < -0.39 is 0 Å². The summed E-state index contributed by atoms with van der Waals surface area (Å²) in [5.74, 6) is 0. The third-order valence-electron chi connectivity index (χ3n) is 0.989. The highest BCUT2D eigenvalue weighted by Gasteiger charge is 1.77. The molecule has 2 heteroatoms. The van der Waals surface area contributed by atoms with Crippen LogP contribution >= 0.6 is 0 Å². The topological polar surface area (TPSA) is 43.1 Å². The monoisotopic (exact) mass is 121 g/mol. The van der Waals surface area contributed by atoms with Crippen molar-refractivity contribution in [3.8, 4) is 0 Å². The van der Waals surface area contributed by atoms with Gasteiger partial charge in [0.1, 0.15) is 0 Å². The van der Waals surface area contributed by atoms with Crippen LogP contribution in [0.25, 0.3) is 0 Å². The number of nitrogen functional groups attached to an aromatic ring is 1. The van der Waals surface area contributed by atoms with Crippen molar-refractivity contribution in [3.63, 3.8) is 0 Å². The summed E-state index contributed by atoms with van der Waals surface area (Å²) >= 11 is 0. The largest absolute Gasteiger partial charge is 0.399 e. The second-order valence-corrected chi connectivity index (χ2v) is 1.76. The quantitative estimate of drug-likeness (QED) is 0.547. The summed E-state index contributed by atoms with van der Waals surface area (Å²) in [4.78, 5) is 10.6. The van der Waals surface area contributed by atoms with Gasteiger partial charge in [-0.05, 0) is 24.3 Å². The van der Waals surface area contributed by atoms with Gasteiger partial charge in [-0.2, -0.15) is 0 Å². The first-order valence-electron chi connectivity index (χ1n) is 2.65. The summed E-state index contributed by atoms with van der Waals surface area (Å²) in [6.45, 7) is 0. The summed E-state index contributed by atoms with van der Waals surface area (Å²) in [7, 11) is 0. The minimum absolute atomic E-state index is 0.0216. The molecule has 0 aromatic heterocycles. The maximum Gasteiger partial charge on any atom is 0.178 e. The smallest absolute Gasteiger partial charge is 0.178 e. The summed E-state index contributed by atoms with van der Waals surface area (Å²) in [6.07, 6.45) is 0. The van der Waals surface area contributed by atoms with E-state index in [-0.39, 0.29) is 5.43 Å². The minimum Gasteiger partial charge on any atom is -0.399 e. The van der Waals surface area contributed by atoms with Gasteiger partial charge >= 0.3 is 0 Å². The second-order valence-electron chi connectivity index (χ2n) is 1.76. The van der Waals surface area contributed by atoms with Crippen LogP contribution in [-0.4, -0.2) is 0 Å². The zero-order chi connectivity index (χ0) is 6.69. The number of nitrogens with two attached hydrogens (primary N) is 1. The van der Waals surface area contributed by atoms with Crippen LogP contribution in [0.5, 0.6) is 0 Å². The van der Waals surface area contributed by atoms with Gasteiger partial charge in [0, 0.05) is 5.69 Å². The van der Waals surface area contributed by atoms with Crippen LogP contribution in [0.4, 0.5) is 5.69 Å². The first-order valence-corrected chi connectivity index (χ1v) is 2.65. The molecular formula is C7H7NO. The van der Waals surface area contributed by atoms with Gasteiger partial charge in [0.15, 0.2) is 5.43 Å². The highest BCUT2D eigenvalue weighted by molar-refractivity contribution is 5.34. The summed E-state index contributed by atoms with van der Waals surface area (Å²) in [5, 5.41) is 0. The standard InChI is InChI=1S/C7H7NO/c8-6-2-1-3-7(9)5-4-6/h1-5H,8H2. The van der Waals surface area contributed by atoms with E-state index >= 15 is 0 Å². The molecule has 9 heavy (non-hydrogen) atoms. The molecule has 0 unspecified atom stereocenters. The Morgan fingerprint density at radius 2 is 1.89 bits per heavy atom. The van der Waals surface area contributed by atoms with Crippen LogP contribution in [0.3, 0.4) is 0 Å². The van der Waals surface area contributed by atoms with Crippen LogP contribution in [-0.2, 0) is 0 Å². The molecule has 0 saturated carbocycles. The first-order chi connectivity index (χ1) is 4.29. The summed E-state index contributed by atoms with van der Waals surface area (Å²) in [5.41, 5.74) is 5.95. The zero-order valence-electron chi connectivity index (χ0n) is 4.87. The Balaban J connectivity index is 3.33. The van der Waals surface area contributed by atoms with Gasteiger partial charge in [0.25, 0.3) is 0 Å². The normalized spacial score (nSPS) is 8.89. The van der Waals surface area contributed by atoms with E-state index in [0.29, 0.717) is 5.69 Å². The molecule has 46 valence electrons. The highest BCUT2D eigenvalue weighted by Crippen LogP contribution is 1.91. The molecule has 0 heterocycles. The molecule has 0 amide bonds. The predicted octanol–water partition coefficient (Wildman–Crippen LogP) is 0.629. The van der Waals surface area contributed by atoms with Crippen molar-refractivity contribution in [3.05, 3.63) is 40.6 Å². The molecule has 0 saturated heterocycles. The molecule has 1 aromatic carbocycles. The van der Waals surface area contributed by atoms with Crippen molar-refractivity contribution in [1.82, 2.24) is 0 Å². The van der Waals surface area contributed by atoms with Crippen molar-refractivity contribution in [2.45, 2.75) is 0 Å². The second kappa shape index (κ2) is 2.31. The molecule has 0 bridgehead atoms. The highest BCUT2D eigenvalue weighted by atomic mass is 16.1. The number of anilines is 1. The van der Waals surface area contributed by atoms with Crippen molar-refractivity contribution in [2.24, 2.45) is 0 Å². The lowest BCUT2D eigenvalue weighted by Crippen LogP contribution is -1.87. The van der Waals surface area contributed by atoms with Gasteiger partial charge in [-0.1, -0.05) is 6.07 Å². The van der Waals surface area contributed by atoms with Gasteiger partial charge in [-0.15, -0.1) is 0 Å². The van der Waals surface area contributed by atoms with Crippen LogP contribution in [0.15, 0.2) is 35.1 Å². The predicted molar refractivity (Wildman–Crippen MR) is 37.1 cm³/mol. The molecule has 2 nitrogen and oxygen atoms in total. The van der Waals surface area contributed by atoms with E-state index in [0.717, 1.165) is 0 Å². The van der Waals surface area contributed by atoms with Gasteiger partial charge in [-0.25, -0.2) is 0 Å². The van der Waals surface area contributed by atoms with Crippen molar-refractivity contribution in [2.75, 3.05) is 5.73 Å². The molecular weight excluding hydrogens is 114 g/mol. The molecule has 0 aliphatic heterocycles. The summed E-state index contributed by atoms with van der Waals surface area (Å²) in [6, 6.07) is 7.81. The third kappa shape index (κ3) is 1.57. The van der Waals surface area contributed by atoms with E-state index in [1.54, 1.807) is 18.2 Å². The van der Waals surface area contributed by atoms with Gasteiger partial charge < -0.3 is 5.73 Å². The van der Waals surface area contributed by atoms with E-state index in [1.807, 2.05) is 0 Å². The fourth-order valence-electron chi connectivity index (χ4n) is 0.544. The van der Waals surface area contributed by atoms with Crippen molar-refractivity contribution in [1.29, 1.82) is 0 Å². The van der Waals surface area contributed by atoms with Gasteiger partial charge in [0.05, 0.1) is 0 Å². The van der Waals surface area contributed by atoms with Crippen molar-refractivity contribution >= 4 is 5.69 Å². The number of hydrogen-bond acceptors (Lipinski definition) is 2. The van der Waals surface area contributed by atoms with Crippen LogP contribution in [0.1, 0.15) is 0 Å². The lowest BCUT2D eigenvalue weighted by Gasteiger charge is -1.76. The average Bonchev–Trinajstić information content (AvgIpc) is 1.97. The Hall–Kier alpha value is -1.31. The lowest BCUT2D eigenvalue weighted by molar-refractivity contribution is 1.68. The minimum atomic E-state index is -0.0216. The van der Waals surface area contributed by atoms with Crippen LogP contribution in [0.2, 0.25) is 0 Å². The summed E-state index contributed by atoms with van der Waals surface area (Å²) < 4.78 is 0. The Bertz CT molecular complexity index is 257. The first kappa shape index (κ1) is 5.82. The molecule has 0 aliphatic rings. The molecule has 0 atom stereocenters. The molecule has 1 rings (SSSR count). The average molecular weight is 121 g/mol. The lowest BCUT2D eigenvalue weighted by atomic mass is 10.4. The molecule has 0 radical (unpaired) electrons. The zero-order valence-corrected chi connectivity index (χ0v) is 4.87. The Kier molecular flexibility index (Phi) is 1.49. The molecule has 1 aromatic rings. The number of rotatable bonds is 0. The fraction of sp³-hybridized carbons (Fsp3) is 0. The SMILES string of the molecule is Nc1cccc(=O)cc1. The third-order valence-corrected chi connectivity index (χ3v) is 0.989. The maximum atomic E-state index is 10.6. The van der Waals surface area contributed by atoms with Crippen molar-refractivity contribution < 1.29 is 0 Å². The molecule has 2 N–H and O–H groups in total. The van der Waals surface area contributed by atoms with Gasteiger partial charge in [-0.3, -0.25) is 4.79 Å². The van der Waals surface area contributed by atoms with Crippen LogP contribution < -0.4 is 11.2 Å². The molecule has 0 aliphatic carbocycles. The van der Waals surface area contributed by atoms with Gasteiger partial charge in [0.2, 0.25) is 0 Å². The van der Waals surface area contributed by atoms with E-state index in [9.17, 15) is 4.79 Å². The Labute approximate surface area is 52.9 Å². The molecule has 0 spiro atoms. The van der Waals surface area contributed by atoms with E-state index in [2.05, 4.69) is 0 Å². The molecule has 0 fully saturated rings. The van der Waals surface area contributed by atoms with E-state index in [1.165, 1.54) is 12.1 Å². The Morgan fingerprint density at radius 1 is 1.11 bits per heavy atom. The number of hydrogen-bond donors (Lipinski definition) is 1. The Morgan fingerprint density at radius 3 is 2.67 bits per heavy atom. The van der Waals surface area contributed by atoms with Crippen LogP contribution in [0, 0.1) is 0 Å².